The minimum atomic E-state index is -1.14. The number of carboxylic acid groups (broad SMARTS) is 1. The summed E-state index contributed by atoms with van der Waals surface area (Å²) in [7, 11) is 0. The van der Waals surface area contributed by atoms with Crippen LogP contribution in [0.4, 0.5) is 0 Å². The maximum absolute atomic E-state index is 11.9. The van der Waals surface area contributed by atoms with E-state index < -0.39 is 11.6 Å². The van der Waals surface area contributed by atoms with Crippen LogP contribution in [-0.4, -0.2) is 16.8 Å². The highest BCUT2D eigenvalue weighted by molar-refractivity contribution is 7.13. The average Bonchev–Trinajstić information content (AvgIpc) is 3.33. The Morgan fingerprint density at radius 3 is 1.57 bits per heavy atom. The lowest BCUT2D eigenvalue weighted by atomic mass is 9.80. The number of benzene rings is 3. The summed E-state index contributed by atoms with van der Waals surface area (Å²) in [5.74, 6) is -1.14. The quantitative estimate of drug-likeness (QED) is 0.246. The lowest BCUT2D eigenvalue weighted by Gasteiger charge is -2.33. The van der Waals surface area contributed by atoms with Crippen molar-refractivity contribution >= 4 is 23.0 Å². The maximum Gasteiger partial charge on any atom is 0.359 e. The Labute approximate surface area is 178 Å². The summed E-state index contributed by atoms with van der Waals surface area (Å²) in [5, 5.41) is 15.8. The van der Waals surface area contributed by atoms with Gasteiger partial charge in [0, 0.05) is 16.7 Å². The normalized spacial score (nSPS) is 11.8. The third-order valence-electron chi connectivity index (χ3n) is 4.77. The molecule has 0 amide bonds. The summed E-state index contributed by atoms with van der Waals surface area (Å²) in [4.78, 5) is 18.7. The average molecular weight is 413 g/mol. The Hall–Kier alpha value is -3.70. The first-order valence-corrected chi connectivity index (χ1v) is 10.3. The van der Waals surface area contributed by atoms with E-state index in [0.29, 0.717) is 4.88 Å². The number of thiophene rings is 1. The molecule has 0 spiro atoms. The fourth-order valence-corrected chi connectivity index (χ4v) is 4.09. The van der Waals surface area contributed by atoms with Gasteiger partial charge in [0.25, 0.3) is 0 Å². The second-order valence-corrected chi connectivity index (χ2v) is 7.54. The van der Waals surface area contributed by atoms with E-state index in [4.69, 9.17) is 4.84 Å². The van der Waals surface area contributed by atoms with Crippen LogP contribution in [0.25, 0.3) is 0 Å². The molecule has 0 saturated carbocycles. The topological polar surface area (TPSA) is 58.9 Å². The molecule has 3 aromatic carbocycles. The van der Waals surface area contributed by atoms with Gasteiger partial charge in [-0.3, -0.25) is 0 Å². The predicted molar refractivity (Wildman–Crippen MR) is 119 cm³/mol. The van der Waals surface area contributed by atoms with E-state index in [1.54, 1.807) is 12.1 Å². The van der Waals surface area contributed by atoms with Crippen LogP contribution < -0.4 is 0 Å². The molecule has 4 rings (SSSR count). The number of carboxylic acids is 1. The van der Waals surface area contributed by atoms with Gasteiger partial charge >= 0.3 is 5.97 Å². The lowest BCUT2D eigenvalue weighted by molar-refractivity contribution is -0.129. The van der Waals surface area contributed by atoms with Gasteiger partial charge in [-0.1, -0.05) is 102 Å². The smallest absolute Gasteiger partial charge is 0.359 e. The van der Waals surface area contributed by atoms with Crippen molar-refractivity contribution in [3.63, 3.8) is 0 Å². The number of oxime groups is 1. The molecular weight excluding hydrogens is 394 g/mol. The van der Waals surface area contributed by atoms with Crippen molar-refractivity contribution < 1.29 is 14.7 Å². The molecule has 30 heavy (non-hydrogen) atoms. The summed E-state index contributed by atoms with van der Waals surface area (Å²) in [6.45, 7) is 0. The summed E-state index contributed by atoms with van der Waals surface area (Å²) in [6, 6.07) is 32.6. The summed E-state index contributed by atoms with van der Waals surface area (Å²) in [5.41, 5.74) is 1.31. The van der Waals surface area contributed by atoms with Crippen LogP contribution in [0.15, 0.2) is 114 Å². The molecule has 1 N–H and O–H groups in total. The molecule has 1 heterocycles. The first-order valence-electron chi connectivity index (χ1n) is 9.42. The van der Waals surface area contributed by atoms with Crippen LogP contribution in [0.2, 0.25) is 0 Å². The Kier molecular flexibility index (Phi) is 5.72. The van der Waals surface area contributed by atoms with Gasteiger partial charge in [-0.15, -0.1) is 11.3 Å². The summed E-state index contributed by atoms with van der Waals surface area (Å²) >= 11 is 1.31. The number of hydrogen-bond donors (Lipinski definition) is 1. The largest absolute Gasteiger partial charge is 0.476 e. The van der Waals surface area contributed by atoms with Crippen molar-refractivity contribution in [3.05, 3.63) is 130 Å². The second-order valence-electron chi connectivity index (χ2n) is 6.59. The zero-order chi connectivity index (χ0) is 20.8. The van der Waals surface area contributed by atoms with Crippen LogP contribution in [0.1, 0.15) is 21.6 Å². The standard InChI is InChI=1S/C25H19NO3S/c27-24(28)23(22-17-10-18-30-22)26-29-25(19-11-4-1-5-12-19,20-13-6-2-7-14-20)21-15-8-3-9-16-21/h1-18H,(H,27,28). The molecule has 0 saturated heterocycles. The SMILES string of the molecule is O=C(O)C(=NOC(c1ccccc1)(c1ccccc1)c1ccccc1)c1cccs1. The monoisotopic (exact) mass is 413 g/mol. The molecule has 0 unspecified atom stereocenters. The molecule has 0 radical (unpaired) electrons. The van der Waals surface area contributed by atoms with Crippen molar-refractivity contribution in [1.82, 2.24) is 0 Å². The van der Waals surface area contributed by atoms with Gasteiger partial charge in [-0.2, -0.15) is 0 Å². The van der Waals surface area contributed by atoms with Gasteiger partial charge in [0.05, 0.1) is 4.88 Å². The molecule has 0 fully saturated rings. The Morgan fingerprint density at radius 1 is 0.733 bits per heavy atom. The van der Waals surface area contributed by atoms with Crippen LogP contribution in [0.5, 0.6) is 0 Å². The number of carbonyl (C=O) groups is 1. The molecule has 0 bridgehead atoms. The zero-order valence-corrected chi connectivity index (χ0v) is 16.8. The Balaban J connectivity index is 1.95. The van der Waals surface area contributed by atoms with Crippen molar-refractivity contribution in [1.29, 1.82) is 0 Å². The van der Waals surface area contributed by atoms with Gasteiger partial charge in [0.1, 0.15) is 0 Å². The van der Waals surface area contributed by atoms with Crippen molar-refractivity contribution in [2.75, 3.05) is 0 Å². The molecule has 148 valence electrons. The van der Waals surface area contributed by atoms with Crippen LogP contribution in [-0.2, 0) is 15.2 Å². The molecule has 0 aliphatic rings. The van der Waals surface area contributed by atoms with E-state index in [-0.39, 0.29) is 5.71 Å². The maximum atomic E-state index is 11.9. The highest BCUT2D eigenvalue weighted by Gasteiger charge is 2.40. The third kappa shape index (κ3) is 3.75. The molecule has 0 aliphatic heterocycles. The second kappa shape index (κ2) is 8.76. The molecule has 5 heteroatoms. The Bertz CT molecular complexity index is 1030. The van der Waals surface area contributed by atoms with Crippen molar-refractivity contribution in [2.24, 2.45) is 5.16 Å². The molecule has 1 aromatic heterocycles. The van der Waals surface area contributed by atoms with Gasteiger partial charge in [0.2, 0.25) is 11.3 Å². The molecule has 4 nitrogen and oxygen atoms in total. The van der Waals surface area contributed by atoms with E-state index in [1.165, 1.54) is 11.3 Å². The predicted octanol–water partition coefficient (Wildman–Crippen LogP) is 5.55. The summed E-state index contributed by atoms with van der Waals surface area (Å²) in [6.07, 6.45) is 0. The van der Waals surface area contributed by atoms with Crippen molar-refractivity contribution in [3.8, 4) is 0 Å². The van der Waals surface area contributed by atoms with Crippen LogP contribution in [0, 0.1) is 0 Å². The van der Waals surface area contributed by atoms with Gasteiger partial charge in [0.15, 0.2) is 0 Å². The molecular formula is C25H19NO3S. The van der Waals surface area contributed by atoms with Gasteiger partial charge in [-0.25, -0.2) is 4.79 Å². The van der Waals surface area contributed by atoms with Gasteiger partial charge in [-0.05, 0) is 11.4 Å². The van der Waals surface area contributed by atoms with E-state index in [9.17, 15) is 9.90 Å². The van der Waals surface area contributed by atoms with Gasteiger partial charge < -0.3 is 9.94 Å². The number of hydrogen-bond acceptors (Lipinski definition) is 4. The van der Waals surface area contributed by atoms with E-state index >= 15 is 0 Å². The molecule has 0 atom stereocenters. The van der Waals surface area contributed by atoms with E-state index in [0.717, 1.165) is 16.7 Å². The van der Waals surface area contributed by atoms with E-state index in [1.807, 2.05) is 96.4 Å². The minimum Gasteiger partial charge on any atom is -0.476 e. The Morgan fingerprint density at radius 2 is 1.20 bits per heavy atom. The van der Waals surface area contributed by atoms with Crippen molar-refractivity contribution in [2.45, 2.75) is 5.60 Å². The fourth-order valence-electron chi connectivity index (χ4n) is 3.39. The van der Waals surface area contributed by atoms with Crippen LogP contribution >= 0.6 is 11.3 Å². The highest BCUT2D eigenvalue weighted by Crippen LogP contribution is 2.40. The number of nitrogens with zero attached hydrogens (tertiary/aromatic N) is 1. The first-order chi connectivity index (χ1) is 14.7. The molecule has 0 aliphatic carbocycles. The zero-order valence-electron chi connectivity index (χ0n) is 16.0. The highest BCUT2D eigenvalue weighted by atomic mass is 32.1. The fraction of sp³-hybridized carbons (Fsp3) is 0.0400. The van der Waals surface area contributed by atoms with Crippen LogP contribution in [0.3, 0.4) is 0 Å². The lowest BCUT2D eigenvalue weighted by Crippen LogP contribution is -2.32. The molecule has 4 aromatic rings. The first kappa shape index (κ1) is 19.6. The third-order valence-corrected chi connectivity index (χ3v) is 5.65. The minimum absolute atomic E-state index is 0.128. The van der Waals surface area contributed by atoms with E-state index in [2.05, 4.69) is 5.16 Å². The number of rotatable bonds is 7. The summed E-state index contributed by atoms with van der Waals surface area (Å²) < 4.78 is 0. The number of aliphatic carboxylic acids is 1.